The van der Waals surface area contributed by atoms with Gasteiger partial charge in [-0.25, -0.2) is 4.79 Å². The molecule has 112 valence electrons. The fraction of sp³-hybridized carbons (Fsp3) is 0.667. The van der Waals surface area contributed by atoms with Gasteiger partial charge in [-0.3, -0.25) is 0 Å². The monoisotopic (exact) mass is 286 g/mol. The predicted octanol–water partition coefficient (Wildman–Crippen LogP) is 1.86. The highest BCUT2D eigenvalue weighted by Crippen LogP contribution is 2.14. The number of hydrogen-bond donors (Lipinski definition) is 2. The number of carbonyl (C=O) groups excluding carboxylic acids is 1. The van der Waals surface area contributed by atoms with Crippen LogP contribution in [0.25, 0.3) is 0 Å². The first-order valence-electron chi connectivity index (χ1n) is 5.79. The minimum absolute atomic E-state index is 0.444. The van der Waals surface area contributed by atoms with Gasteiger partial charge in [0, 0.05) is 7.05 Å². The first-order chi connectivity index (χ1) is 8.58. The normalized spacial score (nSPS) is 21.9. The Bertz CT molecular complexity index is 320. The lowest BCUT2D eigenvalue weighted by molar-refractivity contribution is -0.915. The molecule has 1 aliphatic heterocycles. The van der Waals surface area contributed by atoms with Crippen molar-refractivity contribution >= 4 is 13.3 Å². The lowest BCUT2D eigenvalue weighted by Gasteiger charge is -2.30. The van der Waals surface area contributed by atoms with E-state index in [4.69, 9.17) is 5.73 Å². The van der Waals surface area contributed by atoms with Crippen molar-refractivity contribution in [2.24, 2.45) is 5.73 Å². The third-order valence-corrected chi connectivity index (χ3v) is 2.33. The van der Waals surface area contributed by atoms with Crippen LogP contribution in [0.4, 0.5) is 22.1 Å². The van der Waals surface area contributed by atoms with Gasteiger partial charge in [0.25, 0.3) is 0 Å². The third kappa shape index (κ3) is 9.17. The molecule has 1 unspecified atom stereocenters. The zero-order chi connectivity index (χ0) is 15.1. The van der Waals surface area contributed by atoms with Gasteiger partial charge in [0.05, 0.1) is 6.20 Å². The number of urea groups is 1. The van der Waals surface area contributed by atoms with Crippen LogP contribution in [0.5, 0.6) is 0 Å². The Labute approximate surface area is 109 Å². The highest BCUT2D eigenvalue weighted by Gasteiger charge is 2.32. The van der Waals surface area contributed by atoms with Crippen LogP contribution in [0.15, 0.2) is 12.4 Å². The second kappa shape index (κ2) is 7.22. The summed E-state index contributed by atoms with van der Waals surface area (Å²) in [5.41, 5.74) is 7.92. The number of primary amides is 1. The number of carbonyl (C=O) groups is 1. The van der Waals surface area contributed by atoms with Crippen LogP contribution in [0, 0.1) is 0 Å². The minimum Gasteiger partial charge on any atom is -0.418 e. The molecule has 2 amide bonds. The number of amides is 2. The standard InChI is InChI=1S/C9H18N4O.BF4/c1-3-4-6-13(11-9(10)14)7-5-12(2)8-13;2-1(3,4)5/h5,7H,3-4,6,8H2,1-2H3,(H2-,10,11,14);/q;-1/p+1. The summed E-state index contributed by atoms with van der Waals surface area (Å²) in [4.78, 5) is 12.9. The maximum absolute atomic E-state index is 10.9. The Kier molecular flexibility index (Phi) is 6.67. The molecule has 0 spiro atoms. The number of nitrogens with two attached hydrogens (primary N) is 1. The summed E-state index contributed by atoms with van der Waals surface area (Å²) in [6, 6.07) is -0.471. The van der Waals surface area contributed by atoms with Crippen molar-refractivity contribution < 1.29 is 26.6 Å². The molecule has 0 bridgehead atoms. The van der Waals surface area contributed by atoms with E-state index in [-0.39, 0.29) is 0 Å². The van der Waals surface area contributed by atoms with Crippen LogP contribution in [0.3, 0.4) is 0 Å². The van der Waals surface area contributed by atoms with Crippen molar-refractivity contribution in [1.29, 1.82) is 0 Å². The summed E-state index contributed by atoms with van der Waals surface area (Å²) in [5, 5.41) is 0. The van der Waals surface area contributed by atoms with Gasteiger partial charge in [0.15, 0.2) is 6.67 Å². The summed E-state index contributed by atoms with van der Waals surface area (Å²) in [7, 11) is -4.02. The van der Waals surface area contributed by atoms with E-state index in [1.165, 1.54) is 0 Å². The smallest absolute Gasteiger partial charge is 0.418 e. The van der Waals surface area contributed by atoms with E-state index < -0.39 is 13.3 Å². The number of unbranched alkanes of at least 4 members (excludes halogenated alkanes) is 1. The second-order valence-corrected chi connectivity index (χ2v) is 4.28. The molecular weight excluding hydrogens is 267 g/mol. The van der Waals surface area contributed by atoms with Crippen molar-refractivity contribution in [3.63, 3.8) is 0 Å². The lowest BCUT2D eigenvalue weighted by atomic mass is 10.3. The quantitative estimate of drug-likeness (QED) is 0.471. The van der Waals surface area contributed by atoms with Gasteiger partial charge in [-0.2, -0.15) is 10.0 Å². The molecule has 1 rings (SSSR count). The van der Waals surface area contributed by atoms with Crippen molar-refractivity contribution in [2.45, 2.75) is 19.8 Å². The van der Waals surface area contributed by atoms with Crippen LogP contribution in [0.1, 0.15) is 19.8 Å². The molecule has 0 aliphatic carbocycles. The van der Waals surface area contributed by atoms with Crippen molar-refractivity contribution in [3.8, 4) is 0 Å². The largest absolute Gasteiger partial charge is 0.673 e. The molecule has 3 N–H and O–H groups in total. The minimum atomic E-state index is -6.00. The second-order valence-electron chi connectivity index (χ2n) is 4.28. The SMILES string of the molecule is CCCC[N+]1(NC(N)=O)C=CN(C)C1.F[B-](F)(F)F. The molecule has 1 atom stereocenters. The van der Waals surface area contributed by atoms with Gasteiger partial charge in [-0.15, -0.1) is 0 Å². The summed E-state index contributed by atoms with van der Waals surface area (Å²) in [5.74, 6) is 0. The number of nitrogens with zero attached hydrogens (tertiary/aromatic N) is 2. The van der Waals surface area contributed by atoms with Crippen molar-refractivity contribution in [2.75, 3.05) is 20.3 Å². The molecule has 1 heterocycles. The van der Waals surface area contributed by atoms with Gasteiger partial charge in [-0.05, 0) is 6.42 Å². The summed E-state index contributed by atoms with van der Waals surface area (Å²) >= 11 is 0. The highest BCUT2D eigenvalue weighted by atomic mass is 19.5. The summed E-state index contributed by atoms with van der Waals surface area (Å²) in [6.45, 7) is 3.77. The average molecular weight is 286 g/mol. The van der Waals surface area contributed by atoms with E-state index in [1.54, 1.807) is 0 Å². The van der Waals surface area contributed by atoms with E-state index in [0.29, 0.717) is 4.59 Å². The van der Waals surface area contributed by atoms with Crippen LogP contribution >= 0.6 is 0 Å². The van der Waals surface area contributed by atoms with Gasteiger partial charge in [0.1, 0.15) is 12.7 Å². The number of rotatable bonds is 4. The molecule has 0 aromatic heterocycles. The molecule has 0 aromatic carbocycles. The zero-order valence-electron chi connectivity index (χ0n) is 11.0. The van der Waals surface area contributed by atoms with Crippen molar-refractivity contribution in [1.82, 2.24) is 10.3 Å². The molecular formula is C9H19BF4N4O. The molecule has 0 fully saturated rings. The number of quaternary nitrogens is 1. The van der Waals surface area contributed by atoms with Gasteiger partial charge < -0.3 is 27.9 Å². The maximum atomic E-state index is 10.9. The van der Waals surface area contributed by atoms with Crippen LogP contribution < -0.4 is 11.2 Å². The van der Waals surface area contributed by atoms with E-state index in [2.05, 4.69) is 12.3 Å². The van der Waals surface area contributed by atoms with E-state index in [1.807, 2.05) is 24.3 Å². The Hall–Kier alpha value is -1.45. The molecule has 10 heteroatoms. The predicted molar refractivity (Wildman–Crippen MR) is 64.7 cm³/mol. The van der Waals surface area contributed by atoms with Crippen LogP contribution in [0.2, 0.25) is 0 Å². The highest BCUT2D eigenvalue weighted by molar-refractivity contribution is 6.50. The Balaban J connectivity index is 0.000000555. The summed E-state index contributed by atoms with van der Waals surface area (Å²) < 4.78 is 39.4. The molecule has 0 saturated carbocycles. The average Bonchev–Trinajstić information content (AvgIpc) is 2.54. The Morgan fingerprint density at radius 2 is 2.00 bits per heavy atom. The molecule has 0 saturated heterocycles. The van der Waals surface area contributed by atoms with E-state index in [0.717, 1.165) is 26.1 Å². The molecule has 1 aliphatic rings. The molecule has 19 heavy (non-hydrogen) atoms. The number of nitrogens with one attached hydrogen (secondary N) is 1. The summed E-state index contributed by atoms with van der Waals surface area (Å²) in [6.07, 6.45) is 6.11. The fourth-order valence-electron chi connectivity index (χ4n) is 1.67. The molecule has 0 radical (unpaired) electrons. The number of halogens is 4. The Morgan fingerprint density at radius 3 is 2.32 bits per heavy atom. The van der Waals surface area contributed by atoms with E-state index >= 15 is 0 Å². The van der Waals surface area contributed by atoms with Gasteiger partial charge >= 0.3 is 13.3 Å². The topological polar surface area (TPSA) is 58.4 Å². The van der Waals surface area contributed by atoms with Gasteiger partial charge in [0.2, 0.25) is 0 Å². The first kappa shape index (κ1) is 17.6. The fourth-order valence-corrected chi connectivity index (χ4v) is 1.67. The van der Waals surface area contributed by atoms with Crippen molar-refractivity contribution in [3.05, 3.63) is 12.4 Å². The lowest BCUT2D eigenvalue weighted by Crippen LogP contribution is -2.58. The molecule has 5 nitrogen and oxygen atoms in total. The Morgan fingerprint density at radius 1 is 1.47 bits per heavy atom. The van der Waals surface area contributed by atoms with E-state index in [9.17, 15) is 22.1 Å². The zero-order valence-corrected chi connectivity index (χ0v) is 11.0. The molecule has 0 aromatic rings. The third-order valence-electron chi connectivity index (χ3n) is 2.33. The number of hydrogen-bond acceptors (Lipinski definition) is 2. The first-order valence-corrected chi connectivity index (χ1v) is 5.79. The van der Waals surface area contributed by atoms with Crippen LogP contribution in [-0.4, -0.2) is 43.0 Å². The van der Waals surface area contributed by atoms with Crippen LogP contribution in [-0.2, 0) is 0 Å². The van der Waals surface area contributed by atoms with Gasteiger partial charge in [-0.1, -0.05) is 13.3 Å². The maximum Gasteiger partial charge on any atom is 0.673 e.